The molecule has 0 fully saturated rings. The number of primary amides is 1. The largest absolute Gasteiger partial charge is 0.483 e. The third kappa shape index (κ3) is 3.92. The van der Waals surface area contributed by atoms with Gasteiger partial charge in [-0.05, 0) is 47.5 Å². The van der Waals surface area contributed by atoms with Crippen LogP contribution in [0.5, 0.6) is 5.75 Å². The van der Waals surface area contributed by atoms with Crippen LogP contribution in [0.15, 0.2) is 54.6 Å². The molecule has 4 nitrogen and oxygen atoms in total. The van der Waals surface area contributed by atoms with Gasteiger partial charge in [-0.1, -0.05) is 29.8 Å². The van der Waals surface area contributed by atoms with Gasteiger partial charge in [0, 0.05) is 5.02 Å². The first-order valence-corrected chi connectivity index (χ1v) is 9.68. The van der Waals surface area contributed by atoms with Crippen LogP contribution in [-0.2, 0) is 6.61 Å². The van der Waals surface area contributed by atoms with Gasteiger partial charge in [0.25, 0.3) is 5.91 Å². The molecule has 1 amide bonds. The van der Waals surface area contributed by atoms with Crippen molar-refractivity contribution in [2.75, 3.05) is 0 Å². The number of ether oxygens (including phenoxy) is 1. The highest BCUT2D eigenvalue weighted by Gasteiger charge is 2.19. The Morgan fingerprint density at radius 2 is 1.79 bits per heavy atom. The molecule has 8 heteroatoms. The number of rotatable bonds is 5. The van der Waals surface area contributed by atoms with E-state index < -0.39 is 23.1 Å². The highest BCUT2D eigenvalue weighted by molar-refractivity contribution is 7.18. The van der Waals surface area contributed by atoms with Gasteiger partial charge in [-0.25, -0.2) is 13.8 Å². The van der Waals surface area contributed by atoms with Gasteiger partial charge in [0.1, 0.15) is 23.0 Å². The zero-order valence-electron chi connectivity index (χ0n) is 14.8. The van der Waals surface area contributed by atoms with Crippen LogP contribution in [0.4, 0.5) is 8.78 Å². The number of hydrogen-bond acceptors (Lipinski definition) is 4. The molecule has 0 radical (unpaired) electrons. The lowest BCUT2D eigenvalue weighted by molar-refractivity contribution is 0.0991. The lowest BCUT2D eigenvalue weighted by Crippen LogP contribution is -2.16. The van der Waals surface area contributed by atoms with E-state index in [0.717, 1.165) is 33.5 Å². The van der Waals surface area contributed by atoms with Gasteiger partial charge in [0.05, 0.1) is 10.2 Å². The molecule has 0 aliphatic carbocycles. The van der Waals surface area contributed by atoms with Crippen molar-refractivity contribution < 1.29 is 18.3 Å². The van der Waals surface area contributed by atoms with Gasteiger partial charge in [-0.15, -0.1) is 11.3 Å². The monoisotopic (exact) mass is 430 g/mol. The number of hydrogen-bond donors (Lipinski definition) is 1. The Morgan fingerprint density at radius 1 is 1.07 bits per heavy atom. The Balaban J connectivity index is 1.57. The Bertz CT molecular complexity index is 1230. The number of aromatic nitrogens is 1. The summed E-state index contributed by atoms with van der Waals surface area (Å²) in [6.45, 7) is -0.0314. The summed E-state index contributed by atoms with van der Waals surface area (Å²) >= 11 is 7.33. The minimum Gasteiger partial charge on any atom is -0.483 e. The SMILES string of the molecule is NC(=O)c1c(F)ccc(OCc2nc3cc(-c4ccc(Cl)cc4)ccc3s2)c1F. The molecule has 0 unspecified atom stereocenters. The van der Waals surface area contributed by atoms with E-state index >= 15 is 0 Å². The fourth-order valence-electron chi connectivity index (χ4n) is 2.87. The molecule has 1 heterocycles. The molecule has 4 rings (SSSR count). The first-order valence-electron chi connectivity index (χ1n) is 8.48. The third-order valence-corrected chi connectivity index (χ3v) is 5.52. The molecule has 0 aliphatic rings. The van der Waals surface area contributed by atoms with Crippen molar-refractivity contribution >= 4 is 39.1 Å². The zero-order valence-corrected chi connectivity index (χ0v) is 16.4. The molecular weight excluding hydrogens is 418 g/mol. The van der Waals surface area contributed by atoms with E-state index in [1.54, 1.807) is 0 Å². The molecule has 0 saturated carbocycles. The molecule has 4 aromatic rings. The maximum atomic E-state index is 14.3. The van der Waals surface area contributed by atoms with E-state index in [1.807, 2.05) is 42.5 Å². The number of nitrogens with two attached hydrogens (primary N) is 1. The highest BCUT2D eigenvalue weighted by atomic mass is 35.5. The van der Waals surface area contributed by atoms with Gasteiger partial charge in [0.15, 0.2) is 11.6 Å². The van der Waals surface area contributed by atoms with E-state index in [2.05, 4.69) is 4.98 Å². The second kappa shape index (κ2) is 7.77. The number of fused-ring (bicyclic) bond motifs is 1. The zero-order chi connectivity index (χ0) is 20.5. The van der Waals surface area contributed by atoms with Crippen molar-refractivity contribution in [2.45, 2.75) is 6.61 Å². The van der Waals surface area contributed by atoms with Crippen molar-refractivity contribution in [2.24, 2.45) is 5.73 Å². The second-order valence-corrected chi connectivity index (χ2v) is 7.74. The van der Waals surface area contributed by atoms with Crippen LogP contribution in [0, 0.1) is 11.6 Å². The quantitative estimate of drug-likeness (QED) is 0.450. The van der Waals surface area contributed by atoms with Crippen molar-refractivity contribution in [1.29, 1.82) is 0 Å². The van der Waals surface area contributed by atoms with Crippen LogP contribution in [-0.4, -0.2) is 10.9 Å². The minimum absolute atomic E-state index is 0.0314. The molecule has 1 aromatic heterocycles. The van der Waals surface area contributed by atoms with Gasteiger partial charge < -0.3 is 10.5 Å². The normalized spacial score (nSPS) is 11.0. The number of carbonyl (C=O) groups is 1. The minimum atomic E-state index is -1.19. The summed E-state index contributed by atoms with van der Waals surface area (Å²) in [7, 11) is 0. The topological polar surface area (TPSA) is 65.2 Å². The molecule has 0 saturated heterocycles. The number of halogens is 3. The van der Waals surface area contributed by atoms with Gasteiger partial charge in [-0.2, -0.15) is 0 Å². The highest BCUT2D eigenvalue weighted by Crippen LogP contribution is 2.30. The first kappa shape index (κ1) is 19.3. The average molecular weight is 431 g/mol. The van der Waals surface area contributed by atoms with Crippen LogP contribution in [0.3, 0.4) is 0 Å². The third-order valence-electron chi connectivity index (χ3n) is 4.26. The molecule has 146 valence electrons. The molecule has 2 N–H and O–H groups in total. The molecule has 0 spiro atoms. The number of amides is 1. The Kier molecular flexibility index (Phi) is 5.17. The fraction of sp³-hybridized carbons (Fsp3) is 0.0476. The van der Waals surface area contributed by atoms with Crippen LogP contribution < -0.4 is 10.5 Å². The number of thiazole rings is 1. The van der Waals surface area contributed by atoms with Crippen molar-refractivity contribution in [3.8, 4) is 16.9 Å². The van der Waals surface area contributed by atoms with Crippen LogP contribution in [0.2, 0.25) is 5.02 Å². The van der Waals surface area contributed by atoms with Crippen LogP contribution >= 0.6 is 22.9 Å². The first-order chi connectivity index (χ1) is 13.9. The molecule has 0 bridgehead atoms. The summed E-state index contributed by atoms with van der Waals surface area (Å²) in [5.41, 5.74) is 6.97. The van der Waals surface area contributed by atoms with Crippen molar-refractivity contribution in [3.63, 3.8) is 0 Å². The van der Waals surface area contributed by atoms with E-state index in [-0.39, 0.29) is 12.4 Å². The number of carbonyl (C=O) groups excluding carboxylic acids is 1. The van der Waals surface area contributed by atoms with Crippen molar-refractivity contribution in [1.82, 2.24) is 4.98 Å². The summed E-state index contributed by atoms with van der Waals surface area (Å²) < 4.78 is 34.2. The van der Waals surface area contributed by atoms with Crippen LogP contribution in [0.1, 0.15) is 15.4 Å². The lowest BCUT2D eigenvalue weighted by atomic mass is 10.1. The lowest BCUT2D eigenvalue weighted by Gasteiger charge is -2.08. The van der Waals surface area contributed by atoms with Gasteiger partial charge >= 0.3 is 0 Å². The Morgan fingerprint density at radius 3 is 2.52 bits per heavy atom. The van der Waals surface area contributed by atoms with Crippen LogP contribution in [0.25, 0.3) is 21.3 Å². The second-order valence-electron chi connectivity index (χ2n) is 6.18. The average Bonchev–Trinajstić information content (AvgIpc) is 3.10. The van der Waals surface area contributed by atoms with Gasteiger partial charge in [0.2, 0.25) is 0 Å². The van der Waals surface area contributed by atoms with E-state index in [0.29, 0.717) is 10.0 Å². The number of nitrogens with zero attached hydrogens (tertiary/aromatic N) is 1. The predicted octanol–water partition coefficient (Wildman–Crippen LogP) is 5.57. The van der Waals surface area contributed by atoms with E-state index in [1.165, 1.54) is 11.3 Å². The molecule has 29 heavy (non-hydrogen) atoms. The summed E-state index contributed by atoms with van der Waals surface area (Å²) in [6.07, 6.45) is 0. The summed E-state index contributed by atoms with van der Waals surface area (Å²) in [4.78, 5) is 15.7. The number of benzene rings is 3. The predicted molar refractivity (Wildman–Crippen MR) is 109 cm³/mol. The molecule has 0 aliphatic heterocycles. The maximum absolute atomic E-state index is 14.3. The summed E-state index contributed by atoms with van der Waals surface area (Å²) in [6, 6.07) is 15.4. The van der Waals surface area contributed by atoms with E-state index in [9.17, 15) is 13.6 Å². The van der Waals surface area contributed by atoms with Crippen molar-refractivity contribution in [3.05, 3.63) is 81.8 Å². The molecular formula is C21H13ClF2N2O2S. The maximum Gasteiger partial charge on any atom is 0.254 e. The Hall–Kier alpha value is -3.03. The molecule has 0 atom stereocenters. The standard InChI is InChI=1S/C21H13ClF2N2O2S/c22-13-4-1-11(2-5-13)12-3-8-17-15(9-12)26-18(29-17)10-28-16-7-6-14(23)19(20(16)24)21(25)27/h1-9H,10H2,(H2,25,27). The summed E-state index contributed by atoms with van der Waals surface area (Å²) in [5.74, 6) is -3.61. The smallest absolute Gasteiger partial charge is 0.254 e. The molecule has 3 aromatic carbocycles. The Labute approximate surface area is 173 Å². The fourth-order valence-corrected chi connectivity index (χ4v) is 3.86. The summed E-state index contributed by atoms with van der Waals surface area (Å²) in [5, 5.41) is 1.27. The van der Waals surface area contributed by atoms with E-state index in [4.69, 9.17) is 22.1 Å². The van der Waals surface area contributed by atoms with Gasteiger partial charge in [-0.3, -0.25) is 4.79 Å².